The van der Waals surface area contributed by atoms with E-state index in [1.807, 2.05) is 18.5 Å². The van der Waals surface area contributed by atoms with Crippen molar-refractivity contribution in [1.29, 1.82) is 0 Å². The van der Waals surface area contributed by atoms with Gasteiger partial charge in [0, 0.05) is 12.4 Å². The molecule has 1 aromatic heterocycles. The molecule has 0 fully saturated rings. The number of hydrogen-bond acceptors (Lipinski definition) is 1. The summed E-state index contributed by atoms with van der Waals surface area (Å²) in [5.74, 6) is 0.560. The van der Waals surface area contributed by atoms with Crippen LogP contribution in [0.15, 0.2) is 71.6 Å². The number of aromatic nitrogens is 1. The summed E-state index contributed by atoms with van der Waals surface area (Å²) in [5, 5.41) is 2.62. The zero-order valence-corrected chi connectivity index (χ0v) is 22.2. The third-order valence-corrected chi connectivity index (χ3v) is 5.18. The summed E-state index contributed by atoms with van der Waals surface area (Å²) in [7, 11) is 0. The second-order valence-electron chi connectivity index (χ2n) is 6.83. The summed E-state index contributed by atoms with van der Waals surface area (Å²) in [4.78, 5) is 4.19. The molecule has 4 rings (SSSR count). The standard InChI is InChI=1S/C15H12N.C9H13.2CH3.Si.Zr/c1-11-9-12-5-2-3-7-14(12)15(11)13-6-4-8-16-10-13;1-6-5-7(2)9(4)8(6)3;;;;/h2-10H,1H3;6H,1-4H3;2*1H3;;/q4*-1;;. The van der Waals surface area contributed by atoms with Crippen molar-refractivity contribution in [1.82, 2.24) is 4.98 Å². The van der Waals surface area contributed by atoms with Gasteiger partial charge in [-0.25, -0.2) is 5.57 Å². The first-order chi connectivity index (χ1) is 13.0. The van der Waals surface area contributed by atoms with Gasteiger partial charge < -0.3 is 14.9 Å². The molecule has 2 radical (unpaired) electrons. The van der Waals surface area contributed by atoms with E-state index >= 15 is 0 Å². The topological polar surface area (TPSA) is 12.9 Å². The van der Waals surface area contributed by atoms with Crippen molar-refractivity contribution in [2.45, 2.75) is 34.6 Å². The molecular formula is C26H31NSiZr-4. The Morgan fingerprint density at radius 2 is 1.66 bits per heavy atom. The van der Waals surface area contributed by atoms with Crippen LogP contribution in [0.2, 0.25) is 0 Å². The molecule has 152 valence electrons. The molecule has 0 bridgehead atoms. The summed E-state index contributed by atoms with van der Waals surface area (Å²) < 4.78 is 0. The monoisotopic (exact) mass is 475 g/mol. The van der Waals surface area contributed by atoms with Gasteiger partial charge in [-0.15, -0.1) is 53.1 Å². The molecule has 0 saturated carbocycles. The minimum atomic E-state index is 0. The Hall–Kier alpha value is -1.44. The minimum absolute atomic E-state index is 0. The van der Waals surface area contributed by atoms with Gasteiger partial charge in [-0.2, -0.15) is 11.1 Å². The molecule has 0 spiro atoms. The third kappa shape index (κ3) is 6.52. The fourth-order valence-corrected chi connectivity index (χ4v) is 3.42. The van der Waals surface area contributed by atoms with Gasteiger partial charge in [0.1, 0.15) is 0 Å². The average molecular weight is 477 g/mol. The van der Waals surface area contributed by atoms with Crippen LogP contribution in [-0.2, 0) is 23.3 Å². The molecule has 3 heteroatoms. The van der Waals surface area contributed by atoms with E-state index < -0.39 is 0 Å². The zero-order valence-electron chi connectivity index (χ0n) is 18.7. The van der Waals surface area contributed by atoms with E-state index in [0.29, 0.717) is 5.92 Å². The van der Waals surface area contributed by atoms with Crippen molar-refractivity contribution in [3.05, 3.63) is 98.1 Å². The number of hydrogen-bond donors (Lipinski definition) is 0. The van der Waals surface area contributed by atoms with Crippen LogP contribution in [0, 0.1) is 33.8 Å². The molecule has 1 nitrogen and oxygen atoms in total. The van der Waals surface area contributed by atoms with Gasteiger partial charge in [-0.3, -0.25) is 11.1 Å². The van der Waals surface area contributed by atoms with Crippen LogP contribution < -0.4 is 0 Å². The molecule has 1 atom stereocenters. The summed E-state index contributed by atoms with van der Waals surface area (Å²) in [6.45, 7) is 13.9. The SMILES string of the molecule is CC1=[C-]C(C)C(C)=C1C.Cc1[cH-]c2ccccc2c1-c1cccnc1.[CH3-].[CH3-].[Si]=[Zr]. The van der Waals surface area contributed by atoms with E-state index in [1.54, 1.807) is 0 Å². The van der Waals surface area contributed by atoms with Crippen molar-refractivity contribution >= 4 is 17.7 Å². The number of allylic oxidation sites excluding steroid dienone is 4. The molecule has 0 saturated heterocycles. The van der Waals surface area contributed by atoms with Crippen LogP contribution in [0.3, 0.4) is 0 Å². The fourth-order valence-electron chi connectivity index (χ4n) is 3.42. The predicted octanol–water partition coefficient (Wildman–Crippen LogP) is 7.17. The van der Waals surface area contributed by atoms with Crippen LogP contribution >= 0.6 is 0 Å². The first-order valence-corrected chi connectivity index (χ1v) is 13.3. The average Bonchev–Trinajstić information content (AvgIpc) is 3.15. The molecule has 1 heterocycles. The number of fused-ring (bicyclic) bond motifs is 1. The normalized spacial score (nSPS) is 14.5. The number of benzene rings is 1. The van der Waals surface area contributed by atoms with Crippen LogP contribution in [0.25, 0.3) is 21.9 Å². The Kier molecular flexibility index (Phi) is 12.3. The molecule has 1 unspecified atom stereocenters. The predicted molar refractivity (Wildman–Crippen MR) is 126 cm³/mol. The maximum atomic E-state index is 4.19. The Labute approximate surface area is 194 Å². The van der Waals surface area contributed by atoms with Gasteiger partial charge in [0.25, 0.3) is 0 Å². The van der Waals surface area contributed by atoms with Crippen molar-refractivity contribution in [2.24, 2.45) is 5.92 Å². The Morgan fingerprint density at radius 3 is 2.14 bits per heavy atom. The fraction of sp³-hybridized carbons (Fsp3) is 0.231. The van der Waals surface area contributed by atoms with Gasteiger partial charge in [0.15, 0.2) is 0 Å². The summed E-state index contributed by atoms with van der Waals surface area (Å²) >= 11 is 1.36. The summed E-state index contributed by atoms with van der Waals surface area (Å²) in [6.07, 6.45) is 7.09. The quantitative estimate of drug-likeness (QED) is 0.268. The second-order valence-corrected chi connectivity index (χ2v) is 6.83. The summed E-state index contributed by atoms with van der Waals surface area (Å²) in [5.41, 5.74) is 8.06. The maximum absolute atomic E-state index is 4.19. The number of nitrogens with zero attached hydrogens (tertiary/aromatic N) is 1. The van der Waals surface area contributed by atoms with Crippen molar-refractivity contribution < 1.29 is 23.3 Å². The van der Waals surface area contributed by atoms with Crippen LogP contribution in [-0.4, -0.2) is 11.9 Å². The molecule has 0 aliphatic heterocycles. The molecule has 0 amide bonds. The molecule has 1 aliphatic rings. The van der Waals surface area contributed by atoms with E-state index in [4.69, 9.17) is 0 Å². The van der Waals surface area contributed by atoms with E-state index in [1.165, 1.54) is 67.5 Å². The van der Waals surface area contributed by atoms with Crippen molar-refractivity contribution in [2.75, 3.05) is 0 Å². The molecular weight excluding hydrogens is 446 g/mol. The number of aryl methyl sites for hydroxylation is 1. The van der Waals surface area contributed by atoms with Crippen molar-refractivity contribution in [3.8, 4) is 11.1 Å². The van der Waals surface area contributed by atoms with E-state index in [-0.39, 0.29) is 14.9 Å². The van der Waals surface area contributed by atoms with Gasteiger partial charge in [0.2, 0.25) is 0 Å². The molecule has 29 heavy (non-hydrogen) atoms. The van der Waals surface area contributed by atoms with Crippen molar-refractivity contribution in [3.63, 3.8) is 0 Å². The van der Waals surface area contributed by atoms with Gasteiger partial charge in [-0.1, -0.05) is 45.7 Å². The first-order valence-electron chi connectivity index (χ1n) is 9.07. The van der Waals surface area contributed by atoms with Gasteiger partial charge in [-0.05, 0) is 11.6 Å². The zero-order chi connectivity index (χ0) is 20.0. The van der Waals surface area contributed by atoms with Gasteiger partial charge >= 0.3 is 30.2 Å². The van der Waals surface area contributed by atoms with E-state index in [2.05, 4.69) is 89.0 Å². The summed E-state index contributed by atoms with van der Waals surface area (Å²) in [6, 6.07) is 14.8. The van der Waals surface area contributed by atoms with Crippen LogP contribution in [0.4, 0.5) is 0 Å². The first kappa shape index (κ1) is 27.6. The van der Waals surface area contributed by atoms with E-state index in [9.17, 15) is 0 Å². The van der Waals surface area contributed by atoms with Gasteiger partial charge in [0.05, 0.1) is 0 Å². The molecule has 2 aromatic carbocycles. The second kappa shape index (κ2) is 13.0. The third-order valence-electron chi connectivity index (χ3n) is 5.18. The van der Waals surface area contributed by atoms with E-state index in [0.717, 1.165) is 0 Å². The Balaban J connectivity index is 0.000000524. The number of rotatable bonds is 1. The molecule has 3 aromatic rings. The molecule has 1 aliphatic carbocycles. The molecule has 0 N–H and O–H groups in total. The van der Waals surface area contributed by atoms with Crippen LogP contribution in [0.1, 0.15) is 33.3 Å². The number of pyridine rings is 1. The Bertz CT molecular complexity index is 967. The van der Waals surface area contributed by atoms with Crippen LogP contribution in [0.5, 0.6) is 0 Å². The Morgan fingerprint density at radius 1 is 1.00 bits per heavy atom.